The largest absolute Gasteiger partial charge is 0.311 e. The fourth-order valence-electron chi connectivity index (χ4n) is 1.72. The third-order valence-corrected chi connectivity index (χ3v) is 2.40. The Labute approximate surface area is 98.9 Å². The van der Waals surface area contributed by atoms with Crippen LogP contribution in [-0.4, -0.2) is 36.6 Å². The van der Waals surface area contributed by atoms with Crippen molar-refractivity contribution in [1.29, 1.82) is 0 Å². The van der Waals surface area contributed by atoms with E-state index < -0.39 is 0 Å². The number of nitrogens with zero attached hydrogens (tertiary/aromatic N) is 2. The maximum absolute atomic E-state index is 4.09. The van der Waals surface area contributed by atoms with Gasteiger partial charge in [0.2, 0.25) is 0 Å². The van der Waals surface area contributed by atoms with Gasteiger partial charge in [-0.25, -0.2) is 0 Å². The lowest BCUT2D eigenvalue weighted by molar-refractivity contribution is 0.294. The van der Waals surface area contributed by atoms with Crippen LogP contribution in [0.15, 0.2) is 24.5 Å². The van der Waals surface area contributed by atoms with Crippen molar-refractivity contribution < 1.29 is 0 Å². The van der Waals surface area contributed by atoms with Crippen molar-refractivity contribution in [1.82, 2.24) is 15.2 Å². The molecule has 0 saturated carbocycles. The molecule has 1 aromatic rings. The van der Waals surface area contributed by atoms with E-state index in [1.54, 1.807) is 6.20 Å². The van der Waals surface area contributed by atoms with Crippen molar-refractivity contribution in [2.45, 2.75) is 20.4 Å². The van der Waals surface area contributed by atoms with Gasteiger partial charge in [0.15, 0.2) is 0 Å². The summed E-state index contributed by atoms with van der Waals surface area (Å²) in [5.41, 5.74) is 1.24. The second-order valence-electron chi connectivity index (χ2n) is 4.69. The molecule has 0 fully saturated rings. The van der Waals surface area contributed by atoms with Gasteiger partial charge >= 0.3 is 0 Å². The Morgan fingerprint density at radius 2 is 2.25 bits per heavy atom. The first-order valence-electron chi connectivity index (χ1n) is 5.96. The van der Waals surface area contributed by atoms with Gasteiger partial charge < -0.3 is 10.2 Å². The molecular formula is C13H23N3. The maximum atomic E-state index is 4.09. The zero-order chi connectivity index (χ0) is 11.8. The molecule has 0 spiro atoms. The Hall–Kier alpha value is -0.930. The van der Waals surface area contributed by atoms with Gasteiger partial charge in [-0.15, -0.1) is 0 Å². The summed E-state index contributed by atoms with van der Waals surface area (Å²) in [7, 11) is 2.17. The van der Waals surface area contributed by atoms with E-state index in [-0.39, 0.29) is 0 Å². The first kappa shape index (κ1) is 13.1. The number of nitrogens with one attached hydrogen (secondary N) is 1. The first-order valence-corrected chi connectivity index (χ1v) is 5.96. The molecule has 0 aromatic carbocycles. The van der Waals surface area contributed by atoms with E-state index in [0.29, 0.717) is 0 Å². The highest BCUT2D eigenvalue weighted by Gasteiger charge is 2.00. The van der Waals surface area contributed by atoms with Crippen LogP contribution in [0.1, 0.15) is 19.4 Å². The predicted octanol–water partition coefficient (Wildman–Crippen LogP) is 1.76. The summed E-state index contributed by atoms with van der Waals surface area (Å²) < 4.78 is 0. The average molecular weight is 221 g/mol. The molecule has 0 aliphatic rings. The van der Waals surface area contributed by atoms with E-state index in [9.17, 15) is 0 Å². The molecule has 0 amide bonds. The molecule has 1 N–H and O–H groups in total. The fourth-order valence-corrected chi connectivity index (χ4v) is 1.72. The zero-order valence-electron chi connectivity index (χ0n) is 10.6. The van der Waals surface area contributed by atoms with E-state index >= 15 is 0 Å². The molecule has 90 valence electrons. The minimum Gasteiger partial charge on any atom is -0.311 e. The number of hydrogen-bond acceptors (Lipinski definition) is 3. The van der Waals surface area contributed by atoms with Gasteiger partial charge in [0, 0.05) is 38.6 Å². The van der Waals surface area contributed by atoms with Gasteiger partial charge in [-0.1, -0.05) is 19.9 Å². The van der Waals surface area contributed by atoms with Crippen LogP contribution in [0.3, 0.4) is 0 Å². The van der Waals surface area contributed by atoms with E-state index in [4.69, 9.17) is 0 Å². The van der Waals surface area contributed by atoms with Crippen LogP contribution >= 0.6 is 0 Å². The lowest BCUT2D eigenvalue weighted by Gasteiger charge is -2.18. The van der Waals surface area contributed by atoms with Crippen molar-refractivity contribution in [2.24, 2.45) is 5.92 Å². The highest BCUT2D eigenvalue weighted by molar-refractivity contribution is 5.07. The van der Waals surface area contributed by atoms with Crippen molar-refractivity contribution in [3.05, 3.63) is 30.1 Å². The smallest absolute Gasteiger partial charge is 0.0312 e. The third-order valence-electron chi connectivity index (χ3n) is 2.40. The van der Waals surface area contributed by atoms with Gasteiger partial charge in [0.25, 0.3) is 0 Å². The van der Waals surface area contributed by atoms with E-state index in [0.717, 1.165) is 32.1 Å². The van der Waals surface area contributed by atoms with Crippen molar-refractivity contribution >= 4 is 0 Å². The summed E-state index contributed by atoms with van der Waals surface area (Å²) in [6.07, 6.45) is 3.71. The fraction of sp³-hybridized carbons (Fsp3) is 0.615. The number of likely N-dealkylation sites (N-methyl/N-ethyl adjacent to an activating group) is 1. The molecule has 1 heterocycles. The summed E-state index contributed by atoms with van der Waals surface area (Å²) >= 11 is 0. The van der Waals surface area contributed by atoms with Gasteiger partial charge in [0.05, 0.1) is 0 Å². The number of rotatable bonds is 7. The van der Waals surface area contributed by atoms with Gasteiger partial charge in [-0.3, -0.25) is 4.98 Å². The normalized spacial score (nSPS) is 11.3. The highest BCUT2D eigenvalue weighted by atomic mass is 15.1. The minimum absolute atomic E-state index is 0.739. The van der Waals surface area contributed by atoms with Gasteiger partial charge in [0.1, 0.15) is 0 Å². The van der Waals surface area contributed by atoms with Crippen molar-refractivity contribution in [3.8, 4) is 0 Å². The summed E-state index contributed by atoms with van der Waals surface area (Å²) in [6.45, 7) is 8.69. The molecule has 1 rings (SSSR count). The monoisotopic (exact) mass is 221 g/mol. The van der Waals surface area contributed by atoms with Gasteiger partial charge in [-0.2, -0.15) is 0 Å². The SMILES string of the molecule is CC(C)CN(C)CCNCc1cccnc1. The third kappa shape index (κ3) is 5.83. The molecule has 1 aromatic heterocycles. The predicted molar refractivity (Wildman–Crippen MR) is 68.3 cm³/mol. The Bertz CT molecular complexity index is 272. The molecule has 0 bridgehead atoms. The highest BCUT2D eigenvalue weighted by Crippen LogP contribution is 1.96. The molecule has 0 saturated heterocycles. The molecule has 0 atom stereocenters. The topological polar surface area (TPSA) is 28.2 Å². The van der Waals surface area contributed by atoms with E-state index in [2.05, 4.69) is 42.2 Å². The summed E-state index contributed by atoms with van der Waals surface area (Å²) in [5.74, 6) is 0.739. The van der Waals surface area contributed by atoms with Gasteiger partial charge in [-0.05, 0) is 24.6 Å². The molecule has 3 nitrogen and oxygen atoms in total. The zero-order valence-corrected chi connectivity index (χ0v) is 10.6. The standard InChI is InChI=1S/C13H23N3/c1-12(2)11-16(3)8-7-15-10-13-5-4-6-14-9-13/h4-6,9,12,15H,7-8,10-11H2,1-3H3. The number of hydrogen-bond donors (Lipinski definition) is 1. The Balaban J connectivity index is 2.08. The van der Waals surface area contributed by atoms with Crippen LogP contribution in [0.2, 0.25) is 0 Å². The molecule has 0 aliphatic heterocycles. The molecular weight excluding hydrogens is 198 g/mol. The Kier molecular flexibility index (Phi) is 6.04. The Morgan fingerprint density at radius 3 is 2.88 bits per heavy atom. The molecule has 16 heavy (non-hydrogen) atoms. The summed E-state index contributed by atoms with van der Waals surface area (Å²) in [6, 6.07) is 4.07. The average Bonchev–Trinajstić information content (AvgIpc) is 2.25. The summed E-state index contributed by atoms with van der Waals surface area (Å²) in [5, 5.41) is 3.42. The quantitative estimate of drug-likeness (QED) is 0.711. The van der Waals surface area contributed by atoms with Crippen molar-refractivity contribution in [3.63, 3.8) is 0 Å². The maximum Gasteiger partial charge on any atom is 0.0312 e. The van der Waals surface area contributed by atoms with Crippen LogP contribution in [-0.2, 0) is 6.54 Å². The van der Waals surface area contributed by atoms with Crippen LogP contribution in [0, 0.1) is 5.92 Å². The molecule has 0 aliphatic carbocycles. The molecule has 3 heteroatoms. The van der Waals surface area contributed by atoms with Crippen molar-refractivity contribution in [2.75, 3.05) is 26.7 Å². The lowest BCUT2D eigenvalue weighted by Crippen LogP contribution is -2.31. The van der Waals surface area contributed by atoms with Crippen LogP contribution in [0.5, 0.6) is 0 Å². The lowest BCUT2D eigenvalue weighted by atomic mass is 10.2. The van der Waals surface area contributed by atoms with E-state index in [1.165, 1.54) is 5.56 Å². The van der Waals surface area contributed by atoms with Crippen LogP contribution < -0.4 is 5.32 Å². The molecule has 0 unspecified atom stereocenters. The molecule has 0 radical (unpaired) electrons. The minimum atomic E-state index is 0.739. The van der Waals surface area contributed by atoms with E-state index in [1.807, 2.05) is 12.3 Å². The number of pyridine rings is 1. The summed E-state index contributed by atoms with van der Waals surface area (Å²) in [4.78, 5) is 6.45. The van der Waals surface area contributed by atoms with Crippen LogP contribution in [0.4, 0.5) is 0 Å². The Morgan fingerprint density at radius 1 is 1.44 bits per heavy atom. The number of aromatic nitrogens is 1. The first-order chi connectivity index (χ1) is 7.68. The van der Waals surface area contributed by atoms with Crippen LogP contribution in [0.25, 0.3) is 0 Å². The second kappa shape index (κ2) is 7.36. The second-order valence-corrected chi connectivity index (χ2v) is 4.69.